The first kappa shape index (κ1) is 24.3. The summed E-state index contributed by atoms with van der Waals surface area (Å²) in [4.78, 5) is 36.6. The number of aromatic amines is 1. The Labute approximate surface area is 188 Å². The number of nitrogens with two attached hydrogens (primary N) is 1. The van der Waals surface area contributed by atoms with E-state index in [4.69, 9.17) is 5.73 Å². The largest absolute Gasteiger partial charge is 0.353 e. The molecule has 7 nitrogen and oxygen atoms in total. The van der Waals surface area contributed by atoms with Crippen molar-refractivity contribution in [3.05, 3.63) is 46.1 Å². The highest BCUT2D eigenvalue weighted by molar-refractivity contribution is 5.85. The van der Waals surface area contributed by atoms with Gasteiger partial charge in [0.05, 0.1) is 6.42 Å². The molecule has 2 fully saturated rings. The smallest absolute Gasteiger partial charge is 0.255 e. The number of amides is 1. The molecule has 30 heavy (non-hydrogen) atoms. The number of aryl methyl sites for hydroxylation is 1. The molecule has 0 saturated heterocycles. The molecule has 4 N–H and O–H groups in total. The lowest BCUT2D eigenvalue weighted by Crippen LogP contribution is -2.54. The molecule has 2 aromatic rings. The van der Waals surface area contributed by atoms with E-state index in [0.717, 1.165) is 31.2 Å². The number of carbonyl (C=O) groups is 1. The van der Waals surface area contributed by atoms with Crippen molar-refractivity contribution in [1.29, 1.82) is 0 Å². The number of aromatic nitrogens is 3. The summed E-state index contributed by atoms with van der Waals surface area (Å²) >= 11 is 0. The number of rotatable bonds is 4. The van der Waals surface area contributed by atoms with E-state index in [0.29, 0.717) is 28.9 Å². The SMILES string of the molecule is Cc1nc(-c2ccncc2)[nH]c(=O)c1CC(=O)NC1C2CCCC1CC(N)C2.Cl.Cl. The molecule has 2 saturated carbocycles. The maximum absolute atomic E-state index is 12.7. The van der Waals surface area contributed by atoms with Crippen LogP contribution in [-0.2, 0) is 11.2 Å². The van der Waals surface area contributed by atoms with Gasteiger partial charge in [0.15, 0.2) is 0 Å². The van der Waals surface area contributed by atoms with Crippen LogP contribution in [0, 0.1) is 18.8 Å². The number of pyridine rings is 1. The van der Waals surface area contributed by atoms with Gasteiger partial charge in [-0.2, -0.15) is 0 Å². The van der Waals surface area contributed by atoms with Gasteiger partial charge in [-0.3, -0.25) is 14.6 Å². The number of halogens is 2. The highest BCUT2D eigenvalue weighted by Crippen LogP contribution is 2.39. The maximum Gasteiger partial charge on any atom is 0.255 e. The Kier molecular flexibility index (Phi) is 8.41. The fourth-order valence-electron chi connectivity index (χ4n) is 4.89. The van der Waals surface area contributed by atoms with Crippen LogP contribution < -0.4 is 16.6 Å². The van der Waals surface area contributed by atoms with Gasteiger partial charge in [0, 0.05) is 41.3 Å². The molecule has 1 amide bonds. The van der Waals surface area contributed by atoms with Gasteiger partial charge in [0.25, 0.3) is 5.56 Å². The van der Waals surface area contributed by atoms with E-state index in [1.165, 1.54) is 6.42 Å². The van der Waals surface area contributed by atoms with E-state index in [2.05, 4.69) is 20.3 Å². The minimum Gasteiger partial charge on any atom is -0.353 e. The molecule has 0 spiro atoms. The third-order valence-electron chi connectivity index (χ3n) is 6.22. The second kappa shape index (κ2) is 10.4. The molecule has 4 rings (SSSR count). The van der Waals surface area contributed by atoms with Crippen molar-refractivity contribution in [2.45, 2.75) is 57.5 Å². The van der Waals surface area contributed by atoms with Crippen LogP contribution in [0.1, 0.15) is 43.4 Å². The monoisotopic (exact) mass is 453 g/mol. The first-order valence-corrected chi connectivity index (χ1v) is 10.1. The normalized spacial score (nSPS) is 24.9. The summed E-state index contributed by atoms with van der Waals surface area (Å²) in [5.74, 6) is 1.30. The van der Waals surface area contributed by atoms with Crippen molar-refractivity contribution >= 4 is 30.7 Å². The highest BCUT2D eigenvalue weighted by atomic mass is 35.5. The Morgan fingerprint density at radius 3 is 2.43 bits per heavy atom. The van der Waals surface area contributed by atoms with Crippen LogP contribution in [0.2, 0.25) is 0 Å². The van der Waals surface area contributed by atoms with Crippen LogP contribution in [0.15, 0.2) is 29.3 Å². The summed E-state index contributed by atoms with van der Waals surface area (Å²) in [7, 11) is 0. The van der Waals surface area contributed by atoms with Crippen molar-refractivity contribution in [2.75, 3.05) is 0 Å². The lowest BCUT2D eigenvalue weighted by molar-refractivity contribution is -0.122. The number of hydrogen-bond acceptors (Lipinski definition) is 5. The molecule has 0 aromatic carbocycles. The maximum atomic E-state index is 12.7. The van der Waals surface area contributed by atoms with Gasteiger partial charge in [0.2, 0.25) is 5.91 Å². The number of H-pyrrole nitrogens is 1. The number of fused-ring (bicyclic) bond motifs is 2. The highest BCUT2D eigenvalue weighted by Gasteiger charge is 2.39. The summed E-state index contributed by atoms with van der Waals surface area (Å²) in [6.07, 6.45) is 8.76. The van der Waals surface area contributed by atoms with Crippen molar-refractivity contribution in [3.63, 3.8) is 0 Å². The summed E-state index contributed by atoms with van der Waals surface area (Å²) in [6.45, 7) is 1.77. The Bertz CT molecular complexity index is 907. The molecule has 0 radical (unpaired) electrons. The van der Waals surface area contributed by atoms with Crippen LogP contribution in [0.3, 0.4) is 0 Å². The van der Waals surface area contributed by atoms with Gasteiger partial charge in [0.1, 0.15) is 5.82 Å². The van der Waals surface area contributed by atoms with Crippen LogP contribution in [0.4, 0.5) is 0 Å². The van der Waals surface area contributed by atoms with E-state index < -0.39 is 0 Å². The zero-order valence-electron chi connectivity index (χ0n) is 17.0. The fourth-order valence-corrected chi connectivity index (χ4v) is 4.89. The molecule has 164 valence electrons. The molecule has 2 bridgehead atoms. The Morgan fingerprint density at radius 2 is 1.83 bits per heavy atom. The lowest BCUT2D eigenvalue weighted by Gasteiger charge is -2.45. The minimum atomic E-state index is -0.264. The third kappa shape index (κ3) is 5.20. The van der Waals surface area contributed by atoms with Gasteiger partial charge in [-0.1, -0.05) is 6.42 Å². The molecule has 2 atom stereocenters. The molecule has 9 heteroatoms. The molecular weight excluding hydrogens is 425 g/mol. The van der Waals surface area contributed by atoms with E-state index in [-0.39, 0.29) is 54.8 Å². The standard InChI is InChI=1S/C21H27N5O2.2ClH/c1-12-17(21(28)26-20(24-12)13-5-7-23-8-6-13)11-18(27)25-19-14-3-2-4-15(19)10-16(22)9-14;;/h5-8,14-16,19H,2-4,9-11,22H2,1H3,(H,25,27)(H,24,26,28);2*1H. The average Bonchev–Trinajstić information content (AvgIpc) is 2.66. The van der Waals surface area contributed by atoms with Gasteiger partial charge >= 0.3 is 0 Å². The Morgan fingerprint density at radius 1 is 1.20 bits per heavy atom. The van der Waals surface area contributed by atoms with Crippen LogP contribution >= 0.6 is 24.8 Å². The van der Waals surface area contributed by atoms with Gasteiger partial charge < -0.3 is 16.0 Å². The molecule has 0 aliphatic heterocycles. The predicted molar refractivity (Wildman–Crippen MR) is 121 cm³/mol. The predicted octanol–water partition coefficient (Wildman–Crippen LogP) is 2.55. The summed E-state index contributed by atoms with van der Waals surface area (Å²) in [6, 6.07) is 4.01. The van der Waals surface area contributed by atoms with Crippen molar-refractivity contribution in [3.8, 4) is 11.4 Å². The van der Waals surface area contributed by atoms with Crippen molar-refractivity contribution in [1.82, 2.24) is 20.3 Å². The van der Waals surface area contributed by atoms with Crippen molar-refractivity contribution < 1.29 is 4.79 Å². The zero-order chi connectivity index (χ0) is 19.7. The number of nitrogens with one attached hydrogen (secondary N) is 2. The zero-order valence-corrected chi connectivity index (χ0v) is 18.6. The van der Waals surface area contributed by atoms with Gasteiger partial charge in [-0.15, -0.1) is 24.8 Å². The summed E-state index contributed by atoms with van der Waals surface area (Å²) in [5.41, 5.74) is 7.70. The Hall–Kier alpha value is -1.96. The quantitative estimate of drug-likeness (QED) is 0.657. The van der Waals surface area contributed by atoms with E-state index >= 15 is 0 Å². The topological polar surface area (TPSA) is 114 Å². The first-order valence-electron chi connectivity index (χ1n) is 10.1. The van der Waals surface area contributed by atoms with E-state index in [1.54, 1.807) is 31.5 Å². The second-order valence-electron chi connectivity index (χ2n) is 8.17. The van der Waals surface area contributed by atoms with Gasteiger partial charge in [-0.25, -0.2) is 4.98 Å². The average molecular weight is 454 g/mol. The molecule has 2 unspecified atom stereocenters. The number of nitrogens with zero attached hydrogens (tertiary/aromatic N) is 2. The van der Waals surface area contributed by atoms with Crippen molar-refractivity contribution in [2.24, 2.45) is 17.6 Å². The number of carbonyl (C=O) groups excluding carboxylic acids is 1. The van der Waals surface area contributed by atoms with Gasteiger partial charge in [-0.05, 0) is 56.6 Å². The third-order valence-corrected chi connectivity index (χ3v) is 6.22. The van der Waals surface area contributed by atoms with Crippen LogP contribution in [-0.4, -0.2) is 32.9 Å². The molecular formula is C21H29Cl2N5O2. The second-order valence-corrected chi connectivity index (χ2v) is 8.17. The molecule has 2 aliphatic rings. The first-order chi connectivity index (χ1) is 13.5. The summed E-state index contributed by atoms with van der Waals surface area (Å²) < 4.78 is 0. The minimum absolute atomic E-state index is 0. The van der Waals surface area contributed by atoms with E-state index in [1.807, 2.05) is 0 Å². The van der Waals surface area contributed by atoms with E-state index in [9.17, 15) is 9.59 Å². The van der Waals surface area contributed by atoms with Crippen LogP contribution in [0.25, 0.3) is 11.4 Å². The molecule has 2 aromatic heterocycles. The molecule has 2 heterocycles. The number of hydrogen-bond donors (Lipinski definition) is 3. The fraction of sp³-hybridized carbons (Fsp3) is 0.524. The Balaban J connectivity index is 0.00000160. The van der Waals surface area contributed by atoms with Crippen LogP contribution in [0.5, 0.6) is 0 Å². The molecule has 2 aliphatic carbocycles. The lowest BCUT2D eigenvalue weighted by atomic mass is 9.67. The summed E-state index contributed by atoms with van der Waals surface area (Å²) in [5, 5.41) is 3.21.